The molecule has 0 aromatic heterocycles. The average molecular weight is 419 g/mol. The van der Waals surface area contributed by atoms with Crippen LogP contribution in [0.5, 0.6) is 0 Å². The van der Waals surface area contributed by atoms with Crippen LogP contribution >= 0.6 is 0 Å². The summed E-state index contributed by atoms with van der Waals surface area (Å²) in [5.74, 6) is -3.27. The fourth-order valence-electron chi connectivity index (χ4n) is 4.82. The molecular weight excluding hydrogens is 395 g/mol. The first-order valence-corrected chi connectivity index (χ1v) is 10.2. The lowest BCUT2D eigenvalue weighted by Gasteiger charge is -2.51. The number of piperidine rings is 2. The second-order valence-electron chi connectivity index (χ2n) is 8.35. The van der Waals surface area contributed by atoms with Gasteiger partial charge in [-0.2, -0.15) is 0 Å². The molecule has 1 amide bonds. The molecule has 0 spiro atoms. The summed E-state index contributed by atoms with van der Waals surface area (Å²) in [6.45, 7) is 0.167. The number of hydrogen-bond donors (Lipinski definition) is 1. The van der Waals surface area contributed by atoms with Crippen molar-refractivity contribution in [1.82, 2.24) is 4.90 Å². The third-order valence-corrected chi connectivity index (χ3v) is 6.12. The minimum absolute atomic E-state index is 0.0606. The molecule has 0 saturated carbocycles. The van der Waals surface area contributed by atoms with Gasteiger partial charge in [0.2, 0.25) is 0 Å². The molecule has 2 saturated heterocycles. The van der Waals surface area contributed by atoms with Crippen molar-refractivity contribution in [1.29, 1.82) is 0 Å². The van der Waals surface area contributed by atoms with Crippen molar-refractivity contribution in [3.63, 3.8) is 0 Å². The number of benzene rings is 2. The van der Waals surface area contributed by atoms with Crippen LogP contribution in [-0.2, 0) is 17.8 Å². The van der Waals surface area contributed by atoms with Gasteiger partial charge in [-0.3, -0.25) is 0 Å². The molecule has 2 unspecified atom stereocenters. The van der Waals surface area contributed by atoms with Gasteiger partial charge in [-0.05, 0) is 49.3 Å². The summed E-state index contributed by atoms with van der Waals surface area (Å²) in [4.78, 5) is 14.5. The van der Waals surface area contributed by atoms with Crippen LogP contribution in [0.25, 0.3) is 0 Å². The van der Waals surface area contributed by atoms with Gasteiger partial charge in [-0.1, -0.05) is 30.3 Å². The molecule has 0 aliphatic carbocycles. The minimum Gasteiger partial charge on any atom is -0.445 e. The number of halogens is 3. The molecule has 2 aromatic carbocycles. The zero-order valence-corrected chi connectivity index (χ0v) is 16.5. The summed E-state index contributed by atoms with van der Waals surface area (Å²) in [7, 11) is 0. The second-order valence-corrected chi connectivity index (χ2v) is 8.35. The number of carbonyl (C=O) groups excluding carboxylic acids is 1. The Morgan fingerprint density at radius 2 is 1.67 bits per heavy atom. The van der Waals surface area contributed by atoms with Crippen molar-refractivity contribution in [2.45, 2.75) is 62.8 Å². The summed E-state index contributed by atoms with van der Waals surface area (Å²) in [6, 6.07) is 10.2. The fourth-order valence-corrected chi connectivity index (χ4v) is 4.82. The number of nitrogens with zero attached hydrogens (tertiary/aromatic N) is 1. The van der Waals surface area contributed by atoms with Gasteiger partial charge in [0, 0.05) is 24.6 Å². The summed E-state index contributed by atoms with van der Waals surface area (Å²) < 4.78 is 46.4. The summed E-state index contributed by atoms with van der Waals surface area (Å²) in [5, 5.41) is 11.2. The maximum absolute atomic E-state index is 14.1. The third-order valence-electron chi connectivity index (χ3n) is 6.12. The van der Waals surface area contributed by atoms with Crippen LogP contribution in [-0.4, -0.2) is 33.8 Å². The van der Waals surface area contributed by atoms with Gasteiger partial charge >= 0.3 is 6.09 Å². The molecule has 2 aliphatic rings. The lowest BCUT2D eigenvalue weighted by Crippen LogP contribution is -2.60. The van der Waals surface area contributed by atoms with Crippen molar-refractivity contribution in [2.75, 3.05) is 0 Å². The minimum atomic E-state index is -1.29. The van der Waals surface area contributed by atoms with Gasteiger partial charge in [-0.15, -0.1) is 0 Å². The molecule has 1 N–H and O–H groups in total. The van der Waals surface area contributed by atoms with E-state index in [9.17, 15) is 23.1 Å². The Balaban J connectivity index is 1.46. The van der Waals surface area contributed by atoms with Crippen molar-refractivity contribution < 1.29 is 27.8 Å². The molecule has 2 aliphatic heterocycles. The molecule has 2 heterocycles. The quantitative estimate of drug-likeness (QED) is 0.729. The number of carbonyl (C=O) groups is 1. The molecule has 0 radical (unpaired) electrons. The zero-order chi connectivity index (χ0) is 21.3. The number of aliphatic hydroxyl groups is 1. The highest BCUT2D eigenvalue weighted by Crippen LogP contribution is 2.41. The van der Waals surface area contributed by atoms with Gasteiger partial charge in [0.1, 0.15) is 12.4 Å². The summed E-state index contributed by atoms with van der Waals surface area (Å²) >= 11 is 0. The van der Waals surface area contributed by atoms with Crippen molar-refractivity contribution in [2.24, 2.45) is 0 Å². The molecule has 4 rings (SSSR count). The van der Waals surface area contributed by atoms with E-state index in [2.05, 4.69) is 0 Å². The lowest BCUT2D eigenvalue weighted by molar-refractivity contribution is -0.0849. The van der Waals surface area contributed by atoms with Crippen molar-refractivity contribution in [3.8, 4) is 0 Å². The average Bonchev–Trinajstić information content (AvgIpc) is 2.70. The number of amides is 1. The molecule has 2 bridgehead atoms. The summed E-state index contributed by atoms with van der Waals surface area (Å²) in [5.41, 5.74) is -0.468. The van der Waals surface area contributed by atoms with E-state index in [0.29, 0.717) is 18.9 Å². The van der Waals surface area contributed by atoms with Gasteiger partial charge in [-0.25, -0.2) is 18.0 Å². The van der Waals surface area contributed by atoms with Crippen LogP contribution in [0.4, 0.5) is 18.0 Å². The predicted octanol–water partition coefficient (Wildman–Crippen LogP) is 4.73. The number of hydrogen-bond acceptors (Lipinski definition) is 3. The molecular formula is C23H24F3NO3. The Morgan fingerprint density at radius 1 is 1.03 bits per heavy atom. The SMILES string of the molecule is O=C(OCc1ccccc1)N1C2CCCC1CC(O)(Cc1cc(F)c(F)cc1F)C2. The van der Waals surface area contributed by atoms with Crippen LogP contribution in [0.15, 0.2) is 42.5 Å². The van der Waals surface area contributed by atoms with E-state index >= 15 is 0 Å². The van der Waals surface area contributed by atoms with Gasteiger partial charge in [0.05, 0.1) is 5.60 Å². The van der Waals surface area contributed by atoms with E-state index in [4.69, 9.17) is 4.74 Å². The van der Waals surface area contributed by atoms with E-state index < -0.39 is 29.1 Å². The maximum Gasteiger partial charge on any atom is 0.410 e. The third kappa shape index (κ3) is 4.31. The number of ether oxygens (including phenoxy) is 1. The first-order chi connectivity index (χ1) is 14.3. The Kier molecular flexibility index (Phi) is 5.73. The first-order valence-electron chi connectivity index (χ1n) is 10.2. The summed E-state index contributed by atoms with van der Waals surface area (Å²) in [6.07, 6.45) is 2.27. The topological polar surface area (TPSA) is 49.8 Å². The molecule has 30 heavy (non-hydrogen) atoms. The normalized spacial score (nSPS) is 25.8. The standard InChI is InChI=1S/C23H24F3NO3/c24-19-10-21(26)20(25)9-16(19)11-23(29)12-17-7-4-8-18(13-23)27(17)22(28)30-14-15-5-2-1-3-6-15/h1-3,5-6,9-10,17-18,29H,4,7-8,11-14H2. The van der Waals surface area contributed by atoms with Gasteiger partial charge in [0.25, 0.3) is 0 Å². The van der Waals surface area contributed by atoms with Crippen LogP contribution in [0.1, 0.15) is 43.2 Å². The molecule has 2 aromatic rings. The highest BCUT2D eigenvalue weighted by molar-refractivity contribution is 5.69. The van der Waals surface area contributed by atoms with Crippen LogP contribution < -0.4 is 0 Å². The van der Waals surface area contributed by atoms with Gasteiger partial charge < -0.3 is 14.7 Å². The zero-order valence-electron chi connectivity index (χ0n) is 16.5. The van der Waals surface area contributed by atoms with Crippen LogP contribution in [0, 0.1) is 17.5 Å². The number of rotatable bonds is 4. The molecule has 7 heteroatoms. The van der Waals surface area contributed by atoms with Crippen molar-refractivity contribution >= 4 is 6.09 Å². The molecule has 2 fully saturated rings. The largest absolute Gasteiger partial charge is 0.445 e. The van der Waals surface area contributed by atoms with E-state index in [1.54, 1.807) is 4.90 Å². The number of fused-ring (bicyclic) bond motifs is 2. The highest BCUT2D eigenvalue weighted by atomic mass is 19.2. The van der Waals surface area contributed by atoms with E-state index in [1.165, 1.54) is 0 Å². The van der Waals surface area contributed by atoms with Crippen LogP contribution in [0.2, 0.25) is 0 Å². The van der Waals surface area contributed by atoms with E-state index in [-0.39, 0.29) is 43.5 Å². The van der Waals surface area contributed by atoms with Crippen molar-refractivity contribution in [3.05, 3.63) is 71.0 Å². The Hall–Kier alpha value is -2.54. The first kappa shape index (κ1) is 20.7. The molecule has 160 valence electrons. The monoisotopic (exact) mass is 419 g/mol. The fraction of sp³-hybridized carbons (Fsp3) is 0.435. The predicted molar refractivity (Wildman–Crippen MR) is 104 cm³/mol. The lowest BCUT2D eigenvalue weighted by atomic mass is 9.73. The smallest absolute Gasteiger partial charge is 0.410 e. The highest BCUT2D eigenvalue weighted by Gasteiger charge is 2.48. The van der Waals surface area contributed by atoms with Crippen LogP contribution in [0.3, 0.4) is 0 Å². The molecule has 4 nitrogen and oxygen atoms in total. The second kappa shape index (κ2) is 8.30. The Bertz CT molecular complexity index is 907. The van der Waals surface area contributed by atoms with Gasteiger partial charge in [0.15, 0.2) is 11.6 Å². The van der Waals surface area contributed by atoms with E-state index in [0.717, 1.165) is 18.1 Å². The molecule has 2 atom stereocenters. The van der Waals surface area contributed by atoms with E-state index in [1.807, 2.05) is 30.3 Å². The Labute approximate surface area is 173 Å². The Morgan fingerprint density at radius 3 is 2.33 bits per heavy atom. The maximum atomic E-state index is 14.1.